The topological polar surface area (TPSA) is 66.0 Å². The van der Waals surface area contributed by atoms with E-state index >= 15 is 0 Å². The van der Waals surface area contributed by atoms with Gasteiger partial charge < -0.3 is 10.6 Å². The van der Waals surface area contributed by atoms with Gasteiger partial charge in [0.2, 0.25) is 0 Å². The molecule has 2 aromatic rings. The minimum Gasteiger partial charge on any atom is -0.384 e. The maximum absolute atomic E-state index is 14.0. The van der Waals surface area contributed by atoms with E-state index in [0.29, 0.717) is 5.69 Å². The molecule has 4 nitrogen and oxygen atoms in total. The number of amidine groups is 1. The highest BCUT2D eigenvalue weighted by molar-refractivity contribution is 5.95. The fraction of sp³-hybridized carbons (Fsp3) is 0.200. The number of nitrogen functional groups attached to an aromatic ring is 1. The van der Waals surface area contributed by atoms with Gasteiger partial charge in [0.25, 0.3) is 0 Å². The molecule has 1 aromatic carbocycles. The van der Waals surface area contributed by atoms with Crippen molar-refractivity contribution < 1.29 is 8.78 Å². The molecule has 0 radical (unpaired) electrons. The van der Waals surface area contributed by atoms with E-state index < -0.39 is 11.6 Å². The number of anilines is 1. The van der Waals surface area contributed by atoms with E-state index in [9.17, 15) is 8.78 Å². The van der Waals surface area contributed by atoms with Crippen LogP contribution in [-0.4, -0.2) is 17.9 Å². The Balaban J connectivity index is 2.31. The zero-order valence-electron chi connectivity index (χ0n) is 11.8. The van der Waals surface area contributed by atoms with Crippen molar-refractivity contribution in [3.05, 3.63) is 58.9 Å². The molecular formula is C15H16F2N4. The van der Waals surface area contributed by atoms with Crippen LogP contribution in [-0.2, 0) is 6.54 Å². The first-order valence-electron chi connectivity index (χ1n) is 6.35. The standard InChI is InChI=1S/C15H16F2N4/c1-9-4-3-5-11(20-9)8-21(2)14-12(16)6-10(15(18)19)7-13(14)17/h3-7H,8H2,1-2H3,(H3,18,19). The highest BCUT2D eigenvalue weighted by Crippen LogP contribution is 2.25. The summed E-state index contributed by atoms with van der Waals surface area (Å²) in [7, 11) is 1.58. The van der Waals surface area contributed by atoms with E-state index in [1.807, 2.05) is 19.1 Å². The van der Waals surface area contributed by atoms with Crippen LogP contribution in [0.4, 0.5) is 14.5 Å². The minimum atomic E-state index is -0.754. The van der Waals surface area contributed by atoms with E-state index in [1.54, 1.807) is 13.1 Å². The summed E-state index contributed by atoms with van der Waals surface area (Å²) in [5.41, 5.74) is 6.66. The lowest BCUT2D eigenvalue weighted by Crippen LogP contribution is -2.21. The van der Waals surface area contributed by atoms with Gasteiger partial charge in [0, 0.05) is 18.3 Å². The normalized spacial score (nSPS) is 10.5. The fourth-order valence-corrected chi connectivity index (χ4v) is 2.10. The van der Waals surface area contributed by atoms with Crippen LogP contribution >= 0.6 is 0 Å². The molecule has 0 aliphatic rings. The molecule has 21 heavy (non-hydrogen) atoms. The lowest BCUT2D eigenvalue weighted by molar-refractivity contribution is 0.575. The van der Waals surface area contributed by atoms with Crippen LogP contribution in [0.25, 0.3) is 0 Å². The highest BCUT2D eigenvalue weighted by atomic mass is 19.1. The molecule has 6 heteroatoms. The Kier molecular flexibility index (Phi) is 4.16. The largest absolute Gasteiger partial charge is 0.384 e. The van der Waals surface area contributed by atoms with Gasteiger partial charge in [-0.2, -0.15) is 0 Å². The minimum absolute atomic E-state index is 0.0239. The molecule has 110 valence electrons. The third kappa shape index (κ3) is 3.34. The van der Waals surface area contributed by atoms with Crippen molar-refractivity contribution >= 4 is 11.5 Å². The quantitative estimate of drug-likeness (QED) is 0.672. The van der Waals surface area contributed by atoms with Crippen LogP contribution in [0.3, 0.4) is 0 Å². The van der Waals surface area contributed by atoms with Crippen LogP contribution in [0.1, 0.15) is 17.0 Å². The average Bonchev–Trinajstić information content (AvgIpc) is 2.37. The lowest BCUT2D eigenvalue weighted by atomic mass is 10.1. The van der Waals surface area contributed by atoms with Gasteiger partial charge in [-0.15, -0.1) is 0 Å². The molecule has 2 rings (SSSR count). The number of nitrogens with one attached hydrogen (secondary N) is 1. The molecule has 0 atom stereocenters. The van der Waals surface area contributed by atoms with Gasteiger partial charge in [0.15, 0.2) is 0 Å². The fourth-order valence-electron chi connectivity index (χ4n) is 2.10. The smallest absolute Gasteiger partial charge is 0.150 e. The Morgan fingerprint density at radius 1 is 1.29 bits per heavy atom. The molecule has 0 unspecified atom stereocenters. The van der Waals surface area contributed by atoms with Crippen molar-refractivity contribution in [2.75, 3.05) is 11.9 Å². The number of hydrogen-bond acceptors (Lipinski definition) is 3. The average molecular weight is 290 g/mol. The molecule has 0 aliphatic carbocycles. The van der Waals surface area contributed by atoms with Gasteiger partial charge in [-0.05, 0) is 31.2 Å². The van der Waals surface area contributed by atoms with Crippen LogP contribution in [0.2, 0.25) is 0 Å². The molecular weight excluding hydrogens is 274 g/mol. The van der Waals surface area contributed by atoms with Crippen molar-refractivity contribution in [2.45, 2.75) is 13.5 Å². The Hall–Kier alpha value is -2.50. The zero-order chi connectivity index (χ0) is 15.6. The van der Waals surface area contributed by atoms with Gasteiger partial charge in [0.1, 0.15) is 23.2 Å². The first-order valence-corrected chi connectivity index (χ1v) is 6.35. The summed E-state index contributed by atoms with van der Waals surface area (Å²) >= 11 is 0. The Bertz CT molecular complexity index is 662. The van der Waals surface area contributed by atoms with Crippen molar-refractivity contribution in [1.29, 1.82) is 5.41 Å². The maximum atomic E-state index is 14.0. The number of halogens is 2. The predicted molar refractivity (Wildman–Crippen MR) is 78.5 cm³/mol. The van der Waals surface area contributed by atoms with Gasteiger partial charge in [-0.3, -0.25) is 10.4 Å². The van der Waals surface area contributed by atoms with Crippen molar-refractivity contribution in [3.63, 3.8) is 0 Å². The monoisotopic (exact) mass is 290 g/mol. The van der Waals surface area contributed by atoms with Crippen LogP contribution < -0.4 is 10.6 Å². The van der Waals surface area contributed by atoms with E-state index in [0.717, 1.165) is 17.8 Å². The molecule has 0 fully saturated rings. The van der Waals surface area contributed by atoms with Crippen LogP contribution in [0, 0.1) is 24.0 Å². The van der Waals surface area contributed by atoms with Gasteiger partial charge in [0.05, 0.1) is 12.2 Å². The molecule has 0 bridgehead atoms. The number of aryl methyl sites for hydroxylation is 1. The molecule has 3 N–H and O–H groups in total. The summed E-state index contributed by atoms with van der Waals surface area (Å²) in [6.45, 7) is 2.13. The second-order valence-electron chi connectivity index (χ2n) is 4.83. The molecule has 0 saturated heterocycles. The number of benzene rings is 1. The van der Waals surface area contributed by atoms with Crippen molar-refractivity contribution in [2.24, 2.45) is 5.73 Å². The molecule has 0 amide bonds. The van der Waals surface area contributed by atoms with Gasteiger partial charge in [-0.25, -0.2) is 8.78 Å². The van der Waals surface area contributed by atoms with Gasteiger partial charge >= 0.3 is 0 Å². The molecule has 1 aromatic heterocycles. The number of hydrogen-bond donors (Lipinski definition) is 2. The molecule has 0 spiro atoms. The van der Waals surface area contributed by atoms with Crippen molar-refractivity contribution in [3.8, 4) is 0 Å². The third-order valence-corrected chi connectivity index (χ3v) is 3.05. The Labute approximate surface area is 121 Å². The summed E-state index contributed by atoms with van der Waals surface area (Å²) in [4.78, 5) is 5.74. The number of pyridine rings is 1. The first kappa shape index (κ1) is 14.9. The predicted octanol–water partition coefficient (Wildman–Crippen LogP) is 2.59. The third-order valence-electron chi connectivity index (χ3n) is 3.05. The van der Waals surface area contributed by atoms with Gasteiger partial charge in [-0.1, -0.05) is 6.07 Å². The van der Waals surface area contributed by atoms with E-state index in [2.05, 4.69) is 4.98 Å². The number of nitrogens with two attached hydrogens (primary N) is 1. The number of aromatic nitrogens is 1. The summed E-state index contributed by atoms with van der Waals surface area (Å²) in [5, 5.41) is 7.23. The van der Waals surface area contributed by atoms with E-state index in [-0.39, 0.29) is 23.6 Å². The summed E-state index contributed by atoms with van der Waals surface area (Å²) in [6, 6.07) is 7.61. The van der Waals surface area contributed by atoms with Crippen LogP contribution in [0.15, 0.2) is 30.3 Å². The maximum Gasteiger partial charge on any atom is 0.150 e. The SMILES string of the molecule is Cc1cccc(CN(C)c2c(F)cc(C(=N)N)cc2F)n1. The lowest BCUT2D eigenvalue weighted by Gasteiger charge is -2.21. The van der Waals surface area contributed by atoms with E-state index in [4.69, 9.17) is 11.1 Å². The Morgan fingerprint density at radius 2 is 1.90 bits per heavy atom. The first-order chi connectivity index (χ1) is 9.88. The second-order valence-corrected chi connectivity index (χ2v) is 4.83. The van der Waals surface area contributed by atoms with Crippen molar-refractivity contribution in [1.82, 2.24) is 4.98 Å². The second kappa shape index (κ2) is 5.87. The molecule has 1 heterocycles. The number of rotatable bonds is 4. The van der Waals surface area contributed by atoms with E-state index in [1.165, 1.54) is 4.90 Å². The summed E-state index contributed by atoms with van der Waals surface area (Å²) in [5.74, 6) is -1.88. The van der Waals surface area contributed by atoms with Crippen LogP contribution in [0.5, 0.6) is 0 Å². The zero-order valence-corrected chi connectivity index (χ0v) is 11.8. The highest BCUT2D eigenvalue weighted by Gasteiger charge is 2.16. The molecule has 0 aliphatic heterocycles. The summed E-state index contributed by atoms with van der Waals surface area (Å²) in [6.07, 6.45) is 0. The summed E-state index contributed by atoms with van der Waals surface area (Å²) < 4.78 is 28.1. The Morgan fingerprint density at radius 3 is 2.43 bits per heavy atom. The number of nitrogens with zero attached hydrogens (tertiary/aromatic N) is 2. The molecule has 0 saturated carbocycles.